The lowest BCUT2D eigenvalue weighted by molar-refractivity contribution is 0.539. The molecule has 0 fully saturated rings. The minimum atomic E-state index is -0.162. The molecule has 1 heterocycles. The molecular formula is C16H23N3O. The Morgan fingerprint density at radius 2 is 1.90 bits per heavy atom. The van der Waals surface area contributed by atoms with E-state index in [-0.39, 0.29) is 11.7 Å². The van der Waals surface area contributed by atoms with Gasteiger partial charge in [-0.1, -0.05) is 30.7 Å². The predicted molar refractivity (Wildman–Crippen MR) is 81.8 cm³/mol. The van der Waals surface area contributed by atoms with Gasteiger partial charge in [0.25, 0.3) is 0 Å². The smallest absolute Gasteiger partial charge is 0.322 e. The fraction of sp³-hybridized carbons (Fsp3) is 0.438. The fourth-order valence-electron chi connectivity index (χ4n) is 2.47. The number of benzene rings is 1. The second kappa shape index (κ2) is 6.09. The second-order valence-electron chi connectivity index (χ2n) is 5.39. The monoisotopic (exact) mass is 273 g/mol. The summed E-state index contributed by atoms with van der Waals surface area (Å²) < 4.78 is 3.43. The van der Waals surface area contributed by atoms with Gasteiger partial charge in [-0.2, -0.15) is 0 Å². The Bertz CT molecular complexity index is 639. The zero-order valence-electron chi connectivity index (χ0n) is 12.5. The second-order valence-corrected chi connectivity index (χ2v) is 5.39. The van der Waals surface area contributed by atoms with Crippen molar-refractivity contribution in [1.82, 2.24) is 9.13 Å². The van der Waals surface area contributed by atoms with E-state index in [1.807, 2.05) is 12.4 Å². The van der Waals surface area contributed by atoms with Gasteiger partial charge in [-0.25, -0.2) is 4.79 Å². The maximum atomic E-state index is 12.1. The van der Waals surface area contributed by atoms with Crippen molar-refractivity contribution in [1.29, 1.82) is 0 Å². The zero-order valence-corrected chi connectivity index (χ0v) is 12.5. The van der Waals surface area contributed by atoms with Gasteiger partial charge >= 0.3 is 5.69 Å². The summed E-state index contributed by atoms with van der Waals surface area (Å²) in [7, 11) is 0. The summed E-state index contributed by atoms with van der Waals surface area (Å²) in [5, 5.41) is 0. The number of rotatable bonds is 5. The number of aromatic nitrogens is 2. The number of nitrogens with two attached hydrogens (primary N) is 1. The summed E-state index contributed by atoms with van der Waals surface area (Å²) in [4.78, 5) is 12.1. The molecule has 0 aliphatic heterocycles. The molecular weight excluding hydrogens is 250 g/mol. The van der Waals surface area contributed by atoms with Gasteiger partial charge in [0.05, 0.1) is 0 Å². The molecule has 108 valence electrons. The Labute approximate surface area is 119 Å². The highest BCUT2D eigenvalue weighted by Crippen LogP contribution is 2.18. The van der Waals surface area contributed by atoms with Crippen LogP contribution in [-0.4, -0.2) is 9.13 Å². The molecule has 4 heteroatoms. The maximum absolute atomic E-state index is 12.1. The van der Waals surface area contributed by atoms with Gasteiger partial charge in [0.15, 0.2) is 0 Å². The molecule has 0 spiro atoms. The highest BCUT2D eigenvalue weighted by molar-refractivity contribution is 5.32. The van der Waals surface area contributed by atoms with Crippen LogP contribution in [0, 0.1) is 13.8 Å². The Balaban J connectivity index is 2.21. The van der Waals surface area contributed by atoms with E-state index in [2.05, 4.69) is 39.0 Å². The number of hydrogen-bond donors (Lipinski definition) is 1. The van der Waals surface area contributed by atoms with Crippen LogP contribution in [-0.2, 0) is 13.1 Å². The third-order valence-corrected chi connectivity index (χ3v) is 3.61. The van der Waals surface area contributed by atoms with Crippen molar-refractivity contribution in [3.8, 4) is 0 Å². The van der Waals surface area contributed by atoms with Gasteiger partial charge in [0.2, 0.25) is 0 Å². The van der Waals surface area contributed by atoms with E-state index < -0.39 is 0 Å². The first-order valence-corrected chi connectivity index (χ1v) is 7.11. The van der Waals surface area contributed by atoms with Crippen LogP contribution in [0.2, 0.25) is 0 Å². The summed E-state index contributed by atoms with van der Waals surface area (Å²) in [6.45, 7) is 7.44. The van der Waals surface area contributed by atoms with Crippen molar-refractivity contribution in [2.24, 2.45) is 5.73 Å². The number of nitrogens with zero attached hydrogens (tertiary/aromatic N) is 2. The van der Waals surface area contributed by atoms with Crippen LogP contribution in [0.15, 0.2) is 35.4 Å². The molecule has 0 amide bonds. The molecule has 0 aliphatic rings. The summed E-state index contributed by atoms with van der Waals surface area (Å²) in [6.07, 6.45) is 4.61. The van der Waals surface area contributed by atoms with Crippen LogP contribution < -0.4 is 11.4 Å². The average Bonchev–Trinajstić information content (AvgIpc) is 2.75. The van der Waals surface area contributed by atoms with E-state index in [9.17, 15) is 4.79 Å². The summed E-state index contributed by atoms with van der Waals surface area (Å²) >= 11 is 0. The summed E-state index contributed by atoms with van der Waals surface area (Å²) in [5.41, 5.74) is 9.77. The Morgan fingerprint density at radius 1 is 1.20 bits per heavy atom. The van der Waals surface area contributed by atoms with Gasteiger partial charge in [0, 0.05) is 31.5 Å². The molecule has 1 aromatic heterocycles. The molecule has 1 unspecified atom stereocenters. The lowest BCUT2D eigenvalue weighted by atomic mass is 9.99. The molecule has 20 heavy (non-hydrogen) atoms. The van der Waals surface area contributed by atoms with Gasteiger partial charge in [-0.05, 0) is 31.4 Å². The van der Waals surface area contributed by atoms with E-state index in [0.717, 1.165) is 18.5 Å². The lowest BCUT2D eigenvalue weighted by Crippen LogP contribution is -2.28. The Morgan fingerprint density at radius 3 is 2.60 bits per heavy atom. The number of hydrogen-bond acceptors (Lipinski definition) is 2. The average molecular weight is 273 g/mol. The standard InChI is InChI=1S/C16H23N3O/c1-4-7-18-8-9-19(16(18)20)11-15(17)14-10-12(2)5-6-13(14)3/h5-6,8-10,15H,4,7,11,17H2,1-3H3. The zero-order chi connectivity index (χ0) is 14.7. The van der Waals surface area contributed by atoms with E-state index in [1.165, 1.54) is 11.1 Å². The quantitative estimate of drug-likeness (QED) is 0.909. The van der Waals surface area contributed by atoms with Crippen LogP contribution in [0.3, 0.4) is 0 Å². The molecule has 0 radical (unpaired) electrons. The number of aryl methyl sites for hydroxylation is 3. The minimum absolute atomic E-state index is 0.0209. The number of imidazole rings is 1. The van der Waals surface area contributed by atoms with Crippen LogP contribution in [0.4, 0.5) is 0 Å². The first-order chi connectivity index (χ1) is 9.52. The van der Waals surface area contributed by atoms with Crippen LogP contribution in [0.25, 0.3) is 0 Å². The van der Waals surface area contributed by atoms with Crippen LogP contribution >= 0.6 is 0 Å². The third kappa shape index (κ3) is 3.02. The molecule has 1 atom stereocenters. The minimum Gasteiger partial charge on any atom is -0.322 e. The Kier molecular flexibility index (Phi) is 4.45. The first-order valence-electron chi connectivity index (χ1n) is 7.11. The molecule has 0 saturated carbocycles. The highest BCUT2D eigenvalue weighted by Gasteiger charge is 2.12. The predicted octanol–water partition coefficient (Wildman–Crippen LogP) is 2.38. The topological polar surface area (TPSA) is 52.9 Å². The normalized spacial score (nSPS) is 12.6. The van der Waals surface area contributed by atoms with E-state index in [0.29, 0.717) is 6.54 Å². The van der Waals surface area contributed by atoms with Crippen molar-refractivity contribution in [2.45, 2.75) is 46.3 Å². The van der Waals surface area contributed by atoms with Crippen LogP contribution in [0.1, 0.15) is 36.1 Å². The van der Waals surface area contributed by atoms with Gasteiger partial charge in [0.1, 0.15) is 0 Å². The van der Waals surface area contributed by atoms with Crippen molar-refractivity contribution in [3.05, 3.63) is 57.8 Å². The molecule has 0 aliphatic carbocycles. The highest BCUT2D eigenvalue weighted by atomic mass is 16.1. The van der Waals surface area contributed by atoms with Crippen molar-refractivity contribution >= 4 is 0 Å². The molecule has 2 N–H and O–H groups in total. The van der Waals surface area contributed by atoms with Gasteiger partial charge in [-0.15, -0.1) is 0 Å². The molecule has 2 aromatic rings. The SMILES string of the molecule is CCCn1ccn(CC(N)c2cc(C)ccc2C)c1=O. The lowest BCUT2D eigenvalue weighted by Gasteiger charge is -2.15. The van der Waals surface area contributed by atoms with Gasteiger partial charge in [-0.3, -0.25) is 9.13 Å². The Hall–Kier alpha value is -1.81. The molecule has 1 aromatic carbocycles. The van der Waals surface area contributed by atoms with E-state index in [1.54, 1.807) is 9.13 Å². The van der Waals surface area contributed by atoms with Crippen molar-refractivity contribution < 1.29 is 0 Å². The van der Waals surface area contributed by atoms with Crippen LogP contribution in [0.5, 0.6) is 0 Å². The first kappa shape index (κ1) is 14.6. The molecule has 2 rings (SSSR count). The third-order valence-electron chi connectivity index (χ3n) is 3.61. The fourth-order valence-corrected chi connectivity index (χ4v) is 2.47. The van der Waals surface area contributed by atoms with E-state index >= 15 is 0 Å². The van der Waals surface area contributed by atoms with Crippen molar-refractivity contribution in [2.75, 3.05) is 0 Å². The summed E-state index contributed by atoms with van der Waals surface area (Å²) in [6, 6.07) is 6.10. The summed E-state index contributed by atoms with van der Waals surface area (Å²) in [5.74, 6) is 0. The van der Waals surface area contributed by atoms with E-state index in [4.69, 9.17) is 5.73 Å². The van der Waals surface area contributed by atoms with Crippen molar-refractivity contribution in [3.63, 3.8) is 0 Å². The molecule has 0 bridgehead atoms. The molecule has 4 nitrogen and oxygen atoms in total. The maximum Gasteiger partial charge on any atom is 0.328 e. The largest absolute Gasteiger partial charge is 0.328 e. The molecule has 0 saturated heterocycles. The van der Waals surface area contributed by atoms with Gasteiger partial charge < -0.3 is 5.73 Å².